The molecule has 6 nitrogen and oxygen atoms in total. The second-order valence-corrected chi connectivity index (χ2v) is 9.34. The maximum absolute atomic E-state index is 4.57. The number of aryl methyl sites for hydroxylation is 3. The second kappa shape index (κ2) is 7.65. The highest BCUT2D eigenvalue weighted by molar-refractivity contribution is 5.64. The van der Waals surface area contributed by atoms with Crippen molar-refractivity contribution in [1.82, 2.24) is 29.9 Å². The first-order valence-electron chi connectivity index (χ1n) is 11.3. The topological polar surface area (TPSA) is 62.6 Å². The summed E-state index contributed by atoms with van der Waals surface area (Å²) < 4.78 is 2.24. The van der Waals surface area contributed by atoms with Gasteiger partial charge in [-0.05, 0) is 56.2 Å². The van der Waals surface area contributed by atoms with E-state index < -0.39 is 0 Å². The highest BCUT2D eigenvalue weighted by Gasteiger charge is 2.50. The average molecular weight is 405 g/mol. The second-order valence-electron chi connectivity index (χ2n) is 9.34. The van der Waals surface area contributed by atoms with E-state index in [4.69, 9.17) is 0 Å². The summed E-state index contributed by atoms with van der Waals surface area (Å²) in [5.74, 6) is 1.66. The lowest BCUT2D eigenvalue weighted by atomic mass is 9.76. The third kappa shape index (κ3) is 3.27. The zero-order valence-corrected chi connectivity index (χ0v) is 18.4. The maximum atomic E-state index is 4.57. The van der Waals surface area contributed by atoms with Crippen LogP contribution in [0.2, 0.25) is 0 Å². The van der Waals surface area contributed by atoms with Gasteiger partial charge in [0.25, 0.3) is 0 Å². The first-order valence-corrected chi connectivity index (χ1v) is 11.3. The van der Waals surface area contributed by atoms with E-state index in [0.717, 1.165) is 31.9 Å². The summed E-state index contributed by atoms with van der Waals surface area (Å²) in [6.45, 7) is 10.6. The van der Waals surface area contributed by atoms with Gasteiger partial charge in [-0.3, -0.25) is 10.00 Å². The van der Waals surface area contributed by atoms with Crippen molar-refractivity contribution in [2.24, 2.45) is 5.41 Å². The van der Waals surface area contributed by atoms with E-state index in [1.807, 2.05) is 12.5 Å². The van der Waals surface area contributed by atoms with Gasteiger partial charge in [0.05, 0.1) is 11.9 Å². The number of aromatic amines is 1. The van der Waals surface area contributed by atoms with Gasteiger partial charge in [-0.2, -0.15) is 5.10 Å². The van der Waals surface area contributed by atoms with Crippen LogP contribution in [0.1, 0.15) is 61.0 Å². The molecule has 1 aliphatic heterocycles. The molecule has 0 radical (unpaired) electrons. The zero-order chi connectivity index (χ0) is 20.7. The molecule has 2 aromatic heterocycles. The number of aromatic nitrogens is 5. The van der Waals surface area contributed by atoms with E-state index in [2.05, 4.69) is 68.8 Å². The maximum Gasteiger partial charge on any atom is 0.137 e. The van der Waals surface area contributed by atoms with Gasteiger partial charge >= 0.3 is 0 Å². The monoisotopic (exact) mass is 404 g/mol. The molecule has 30 heavy (non-hydrogen) atoms. The molecule has 1 unspecified atom stereocenters. The number of likely N-dealkylation sites (tertiary alicyclic amines) is 1. The summed E-state index contributed by atoms with van der Waals surface area (Å²) in [6, 6.07) is 6.67. The van der Waals surface area contributed by atoms with Crippen molar-refractivity contribution in [2.75, 3.05) is 13.1 Å². The SMILES string of the molecule is CCn1cnnc1C1CN(Cc2cn[nH]c2-c2ccc(C)c(C)c2)CC12CCCC2. The van der Waals surface area contributed by atoms with E-state index in [1.165, 1.54) is 53.8 Å². The van der Waals surface area contributed by atoms with Crippen molar-refractivity contribution < 1.29 is 0 Å². The summed E-state index contributed by atoms with van der Waals surface area (Å²) >= 11 is 0. The van der Waals surface area contributed by atoms with Crippen LogP contribution in [0.3, 0.4) is 0 Å². The Kier molecular flexibility index (Phi) is 4.97. The lowest BCUT2D eigenvalue weighted by Crippen LogP contribution is -2.28. The van der Waals surface area contributed by atoms with Gasteiger partial charge in [0, 0.05) is 43.2 Å². The van der Waals surface area contributed by atoms with E-state index >= 15 is 0 Å². The smallest absolute Gasteiger partial charge is 0.137 e. The fourth-order valence-corrected chi connectivity index (χ4v) is 5.73. The number of nitrogens with zero attached hydrogens (tertiary/aromatic N) is 5. The van der Waals surface area contributed by atoms with Crippen LogP contribution in [0.5, 0.6) is 0 Å². The minimum atomic E-state index is 0.351. The highest BCUT2D eigenvalue weighted by Crippen LogP contribution is 2.53. The third-order valence-corrected chi connectivity index (χ3v) is 7.52. The molecular formula is C24H32N6. The van der Waals surface area contributed by atoms with Crippen molar-refractivity contribution in [3.63, 3.8) is 0 Å². The molecular weight excluding hydrogens is 372 g/mol. The molecule has 1 saturated heterocycles. The van der Waals surface area contributed by atoms with E-state index in [-0.39, 0.29) is 0 Å². The number of nitrogens with one attached hydrogen (secondary N) is 1. The van der Waals surface area contributed by atoms with Crippen LogP contribution < -0.4 is 0 Å². The first kappa shape index (κ1) is 19.5. The van der Waals surface area contributed by atoms with Crippen LogP contribution in [-0.4, -0.2) is 43.0 Å². The minimum Gasteiger partial charge on any atom is -0.318 e. The van der Waals surface area contributed by atoms with Crippen molar-refractivity contribution in [3.8, 4) is 11.3 Å². The van der Waals surface area contributed by atoms with Gasteiger partial charge in [-0.25, -0.2) is 0 Å². The molecule has 158 valence electrons. The molecule has 5 rings (SSSR count). The lowest BCUT2D eigenvalue weighted by Gasteiger charge is -2.29. The molecule has 6 heteroatoms. The fraction of sp³-hybridized carbons (Fsp3) is 0.542. The molecule has 1 atom stereocenters. The van der Waals surface area contributed by atoms with Crippen LogP contribution in [0.4, 0.5) is 0 Å². The quantitative estimate of drug-likeness (QED) is 0.682. The number of rotatable bonds is 5. The lowest BCUT2D eigenvalue weighted by molar-refractivity contribution is 0.243. The minimum absolute atomic E-state index is 0.351. The number of hydrogen-bond donors (Lipinski definition) is 1. The molecule has 3 aromatic rings. The Morgan fingerprint density at radius 1 is 1.17 bits per heavy atom. The molecule has 0 amide bonds. The predicted octanol–water partition coefficient (Wildman–Crippen LogP) is 4.46. The largest absolute Gasteiger partial charge is 0.318 e. The van der Waals surface area contributed by atoms with Crippen LogP contribution in [0.15, 0.2) is 30.7 Å². The first-order chi connectivity index (χ1) is 14.6. The van der Waals surface area contributed by atoms with Crippen LogP contribution in [0.25, 0.3) is 11.3 Å². The van der Waals surface area contributed by atoms with Gasteiger partial charge in [-0.15, -0.1) is 10.2 Å². The molecule has 1 spiro atoms. The molecule has 2 aliphatic rings. The standard InChI is InChI=1S/C24H32N6/c1-4-30-16-26-28-23(30)21-14-29(15-24(21)9-5-6-10-24)13-20-12-25-27-22(20)19-8-7-17(2)18(3)11-19/h7-8,11-12,16,21H,4-6,9-10,13-15H2,1-3H3,(H,25,27). The van der Waals surface area contributed by atoms with Gasteiger partial charge in [0.2, 0.25) is 0 Å². The van der Waals surface area contributed by atoms with Crippen molar-refractivity contribution >= 4 is 0 Å². The van der Waals surface area contributed by atoms with Gasteiger partial charge in [-0.1, -0.05) is 25.0 Å². The van der Waals surface area contributed by atoms with Gasteiger partial charge < -0.3 is 4.57 Å². The third-order valence-electron chi connectivity index (χ3n) is 7.52. The molecule has 1 aromatic carbocycles. The Hall–Kier alpha value is -2.47. The van der Waals surface area contributed by atoms with Crippen LogP contribution >= 0.6 is 0 Å². The van der Waals surface area contributed by atoms with E-state index in [9.17, 15) is 0 Å². The molecule has 1 aliphatic carbocycles. The van der Waals surface area contributed by atoms with Crippen LogP contribution in [-0.2, 0) is 13.1 Å². The predicted molar refractivity (Wildman–Crippen MR) is 118 cm³/mol. The summed E-state index contributed by atoms with van der Waals surface area (Å²) in [5.41, 5.74) is 6.65. The Balaban J connectivity index is 1.42. The van der Waals surface area contributed by atoms with Gasteiger partial charge in [0.1, 0.15) is 12.2 Å². The van der Waals surface area contributed by atoms with Crippen LogP contribution in [0, 0.1) is 19.3 Å². The molecule has 1 N–H and O–H groups in total. The number of hydrogen-bond acceptors (Lipinski definition) is 4. The summed E-state index contributed by atoms with van der Waals surface area (Å²) in [4.78, 5) is 2.63. The van der Waals surface area contributed by atoms with Crippen molar-refractivity contribution in [3.05, 3.63) is 53.2 Å². The van der Waals surface area contributed by atoms with Crippen molar-refractivity contribution in [1.29, 1.82) is 0 Å². The number of benzene rings is 1. The van der Waals surface area contributed by atoms with E-state index in [0.29, 0.717) is 11.3 Å². The molecule has 2 fully saturated rings. The Morgan fingerprint density at radius 2 is 2.00 bits per heavy atom. The Labute approximate surface area is 178 Å². The molecule has 0 bridgehead atoms. The summed E-state index contributed by atoms with van der Waals surface area (Å²) in [6.07, 6.45) is 9.19. The zero-order valence-electron chi connectivity index (χ0n) is 18.4. The van der Waals surface area contributed by atoms with Crippen molar-refractivity contribution in [2.45, 2.75) is 65.5 Å². The Bertz CT molecular complexity index is 1030. The highest BCUT2D eigenvalue weighted by atomic mass is 15.3. The van der Waals surface area contributed by atoms with E-state index in [1.54, 1.807) is 0 Å². The Morgan fingerprint density at radius 3 is 2.77 bits per heavy atom. The summed E-state index contributed by atoms with van der Waals surface area (Å²) in [5, 5.41) is 16.5. The summed E-state index contributed by atoms with van der Waals surface area (Å²) in [7, 11) is 0. The fourth-order valence-electron chi connectivity index (χ4n) is 5.73. The number of H-pyrrole nitrogens is 1. The molecule has 1 saturated carbocycles. The molecule has 3 heterocycles. The normalized spacial score (nSPS) is 21.1. The average Bonchev–Trinajstić information content (AvgIpc) is 3.53. The van der Waals surface area contributed by atoms with Gasteiger partial charge in [0.15, 0.2) is 0 Å².